The molecule has 7 heteroatoms. The number of hydrogen-bond donors (Lipinski definition) is 3. The molecule has 2 heterocycles. The molecule has 0 radical (unpaired) electrons. The molecule has 0 atom stereocenters. The van der Waals surface area contributed by atoms with Crippen molar-refractivity contribution < 1.29 is 19.4 Å². The number of aliphatic hydroxyl groups excluding tert-OH is 1. The first-order chi connectivity index (χ1) is 12.7. The second kappa shape index (κ2) is 7.08. The number of H-pyrrole nitrogens is 1. The molecule has 7 nitrogen and oxygen atoms in total. The lowest BCUT2D eigenvalue weighted by Crippen LogP contribution is -2.31. The Morgan fingerprint density at radius 1 is 1.33 bits per heavy atom. The highest BCUT2D eigenvalue weighted by atomic mass is 16.5. The average molecular weight is 371 g/mol. The van der Waals surface area contributed by atoms with Crippen molar-refractivity contribution in [2.75, 3.05) is 32.1 Å². The number of aliphatic hydroxyl groups is 1. The maximum atomic E-state index is 12.6. The van der Waals surface area contributed by atoms with Crippen LogP contribution >= 0.6 is 0 Å². The minimum Gasteiger partial charge on any atom is -0.466 e. The molecule has 0 spiro atoms. The number of carbonyl (C=O) groups is 2. The number of rotatable bonds is 5. The summed E-state index contributed by atoms with van der Waals surface area (Å²) in [5, 5.41) is 13.2. The number of fused-ring (bicyclic) bond motifs is 1. The van der Waals surface area contributed by atoms with Gasteiger partial charge in [0.2, 0.25) is 0 Å². The van der Waals surface area contributed by atoms with Crippen LogP contribution < -0.4 is 5.32 Å². The summed E-state index contributed by atoms with van der Waals surface area (Å²) in [5.74, 6) is -0.877. The van der Waals surface area contributed by atoms with Gasteiger partial charge in [0, 0.05) is 34.2 Å². The highest BCUT2D eigenvalue weighted by Crippen LogP contribution is 2.29. The van der Waals surface area contributed by atoms with Crippen LogP contribution in [0.25, 0.3) is 10.9 Å². The van der Waals surface area contributed by atoms with Crippen LogP contribution in [0.3, 0.4) is 0 Å². The maximum absolute atomic E-state index is 12.6. The number of benzene rings is 1. The molecule has 3 rings (SSSR count). The fraction of sp³-hybridized carbons (Fsp3) is 0.400. The number of aromatic nitrogens is 1. The van der Waals surface area contributed by atoms with E-state index in [1.165, 1.54) is 12.0 Å². The van der Waals surface area contributed by atoms with Crippen LogP contribution in [-0.2, 0) is 19.7 Å². The quantitative estimate of drug-likeness (QED) is 0.700. The number of β-amino-alcohol motifs (C(OH)–C–C–N with tert-alkyl or cyclic N) is 1. The molecular formula is C20H25N3O4. The van der Waals surface area contributed by atoms with Crippen LogP contribution in [0.5, 0.6) is 0 Å². The summed E-state index contributed by atoms with van der Waals surface area (Å²) in [5.41, 5.74) is 3.29. The van der Waals surface area contributed by atoms with Gasteiger partial charge in [-0.15, -0.1) is 0 Å². The van der Waals surface area contributed by atoms with E-state index in [9.17, 15) is 9.59 Å². The van der Waals surface area contributed by atoms with E-state index in [4.69, 9.17) is 9.84 Å². The zero-order valence-electron chi connectivity index (χ0n) is 16.0. The molecule has 0 fully saturated rings. The third-order valence-electron chi connectivity index (χ3n) is 4.65. The van der Waals surface area contributed by atoms with Gasteiger partial charge in [0.25, 0.3) is 5.91 Å². The van der Waals surface area contributed by atoms with Crippen LogP contribution in [0, 0.1) is 0 Å². The number of anilines is 1. The van der Waals surface area contributed by atoms with Gasteiger partial charge in [0.15, 0.2) is 0 Å². The van der Waals surface area contributed by atoms with E-state index in [2.05, 4.69) is 37.1 Å². The Hall–Kier alpha value is -2.80. The zero-order valence-corrected chi connectivity index (χ0v) is 16.0. The van der Waals surface area contributed by atoms with Gasteiger partial charge in [-0.25, -0.2) is 4.79 Å². The number of hydrogen-bond acceptors (Lipinski definition) is 5. The molecule has 0 saturated heterocycles. The number of carbonyl (C=O) groups excluding carboxylic acids is 2. The number of nitrogens with zero attached hydrogens (tertiary/aromatic N) is 1. The minimum absolute atomic E-state index is 0.000588. The highest BCUT2D eigenvalue weighted by Gasteiger charge is 2.34. The second-order valence-corrected chi connectivity index (χ2v) is 7.66. The summed E-state index contributed by atoms with van der Waals surface area (Å²) in [6.45, 7) is 6.52. The molecule has 1 aliphatic rings. The maximum Gasteiger partial charge on any atom is 0.337 e. The van der Waals surface area contributed by atoms with Crippen molar-refractivity contribution in [3.05, 3.63) is 41.2 Å². The number of esters is 1. The third-order valence-corrected chi connectivity index (χ3v) is 4.65. The summed E-state index contributed by atoms with van der Waals surface area (Å²) < 4.78 is 4.80. The Labute approximate surface area is 158 Å². The van der Waals surface area contributed by atoms with Crippen LogP contribution in [-0.4, -0.2) is 53.7 Å². The molecule has 1 aromatic carbocycles. The Morgan fingerprint density at radius 3 is 2.70 bits per heavy atom. The van der Waals surface area contributed by atoms with Crippen molar-refractivity contribution in [2.45, 2.75) is 26.2 Å². The van der Waals surface area contributed by atoms with E-state index in [1.807, 2.05) is 18.2 Å². The molecule has 1 amide bonds. The summed E-state index contributed by atoms with van der Waals surface area (Å²) in [6.07, 6.45) is 0. The zero-order chi connectivity index (χ0) is 19.8. The van der Waals surface area contributed by atoms with E-state index in [1.54, 1.807) is 0 Å². The standard InChI is InChI=1S/C20H25N3O4/c1-20(2,3)16-10-12-9-13(5-6-15(12)22-16)21-17-14(19(26)27-4)11-23(7-8-24)18(17)25/h5-6,9-10,21-22,24H,7-8,11H2,1-4H3. The van der Waals surface area contributed by atoms with Crippen molar-refractivity contribution in [3.8, 4) is 0 Å². The number of methoxy groups -OCH3 is 1. The predicted octanol–water partition coefficient (Wildman–Crippen LogP) is 2.14. The van der Waals surface area contributed by atoms with Crippen molar-refractivity contribution in [1.82, 2.24) is 9.88 Å². The van der Waals surface area contributed by atoms with Gasteiger partial charge in [-0.2, -0.15) is 0 Å². The van der Waals surface area contributed by atoms with Crippen molar-refractivity contribution in [2.24, 2.45) is 0 Å². The minimum atomic E-state index is -0.552. The summed E-state index contributed by atoms with van der Waals surface area (Å²) in [7, 11) is 1.28. The Bertz CT molecular complexity index is 921. The number of nitrogens with one attached hydrogen (secondary N) is 2. The molecule has 144 valence electrons. The molecule has 1 aliphatic heterocycles. The fourth-order valence-corrected chi connectivity index (χ4v) is 3.11. The summed E-state index contributed by atoms with van der Waals surface area (Å²) >= 11 is 0. The van der Waals surface area contributed by atoms with E-state index < -0.39 is 5.97 Å². The SMILES string of the molecule is COC(=O)C1=C(Nc2ccc3[nH]c(C(C)(C)C)cc3c2)C(=O)N(CCO)C1. The summed E-state index contributed by atoms with van der Waals surface area (Å²) in [6, 6.07) is 7.82. The Morgan fingerprint density at radius 2 is 2.07 bits per heavy atom. The van der Waals surface area contributed by atoms with Gasteiger partial charge in [-0.3, -0.25) is 4.79 Å². The van der Waals surface area contributed by atoms with E-state index in [0.29, 0.717) is 5.69 Å². The van der Waals surface area contributed by atoms with Gasteiger partial charge in [0.1, 0.15) is 5.70 Å². The van der Waals surface area contributed by atoms with Crippen molar-refractivity contribution in [1.29, 1.82) is 0 Å². The normalized spacial score (nSPS) is 15.0. The first-order valence-corrected chi connectivity index (χ1v) is 8.86. The summed E-state index contributed by atoms with van der Waals surface area (Å²) in [4.78, 5) is 29.5. The van der Waals surface area contributed by atoms with Gasteiger partial charge >= 0.3 is 5.97 Å². The fourth-order valence-electron chi connectivity index (χ4n) is 3.11. The third kappa shape index (κ3) is 3.68. The monoisotopic (exact) mass is 371 g/mol. The van der Waals surface area contributed by atoms with Crippen LogP contribution in [0.15, 0.2) is 35.5 Å². The predicted molar refractivity (Wildman–Crippen MR) is 103 cm³/mol. The van der Waals surface area contributed by atoms with Gasteiger partial charge in [-0.1, -0.05) is 20.8 Å². The largest absolute Gasteiger partial charge is 0.466 e. The Kier molecular flexibility index (Phi) is 4.97. The van der Waals surface area contributed by atoms with Crippen molar-refractivity contribution in [3.63, 3.8) is 0 Å². The molecule has 27 heavy (non-hydrogen) atoms. The van der Waals surface area contributed by atoms with Crippen molar-refractivity contribution >= 4 is 28.5 Å². The van der Waals surface area contributed by atoms with E-state index in [0.717, 1.165) is 16.6 Å². The molecular weight excluding hydrogens is 346 g/mol. The van der Waals surface area contributed by atoms with E-state index in [-0.39, 0.29) is 42.3 Å². The average Bonchev–Trinajstić information content (AvgIpc) is 3.17. The molecule has 1 aromatic heterocycles. The first kappa shape index (κ1) is 19.0. The second-order valence-electron chi connectivity index (χ2n) is 7.66. The number of ether oxygens (including phenoxy) is 1. The van der Waals surface area contributed by atoms with Crippen LogP contribution in [0.2, 0.25) is 0 Å². The molecule has 0 saturated carbocycles. The lowest BCUT2D eigenvalue weighted by molar-refractivity contribution is -0.136. The molecule has 0 unspecified atom stereocenters. The lowest BCUT2D eigenvalue weighted by atomic mass is 9.92. The Balaban J connectivity index is 1.94. The topological polar surface area (TPSA) is 94.7 Å². The smallest absolute Gasteiger partial charge is 0.337 e. The van der Waals surface area contributed by atoms with Gasteiger partial charge in [-0.05, 0) is 24.3 Å². The first-order valence-electron chi connectivity index (χ1n) is 8.86. The molecule has 3 N–H and O–H groups in total. The highest BCUT2D eigenvalue weighted by molar-refractivity contribution is 6.08. The molecule has 0 bridgehead atoms. The van der Waals surface area contributed by atoms with Gasteiger partial charge < -0.3 is 25.0 Å². The van der Waals surface area contributed by atoms with Crippen LogP contribution in [0.4, 0.5) is 5.69 Å². The number of aromatic amines is 1. The van der Waals surface area contributed by atoms with E-state index >= 15 is 0 Å². The lowest BCUT2D eigenvalue weighted by Gasteiger charge is -2.15. The number of amides is 1. The molecule has 2 aromatic rings. The molecule has 0 aliphatic carbocycles. The van der Waals surface area contributed by atoms with Gasteiger partial charge in [0.05, 0.1) is 25.8 Å². The van der Waals surface area contributed by atoms with Crippen LogP contribution in [0.1, 0.15) is 26.5 Å².